The number of aromatic hydroxyl groups is 2. The minimum absolute atomic E-state index is 0.329. The molecule has 0 unspecified atom stereocenters. The summed E-state index contributed by atoms with van der Waals surface area (Å²) in [6.45, 7) is 0. The Morgan fingerprint density at radius 3 is 2.33 bits per heavy atom. The molecule has 0 spiro atoms. The monoisotopic (exact) mass is 288 g/mol. The Morgan fingerprint density at radius 2 is 1.76 bits per heavy atom. The molecule has 0 amide bonds. The number of benzene rings is 2. The number of H-pyrrole nitrogens is 2. The smallest absolute Gasteiger partial charge is 0.335 e. The molecule has 2 aromatic carbocycles. The van der Waals surface area contributed by atoms with E-state index in [0.29, 0.717) is 0 Å². The summed E-state index contributed by atoms with van der Waals surface area (Å²) in [6, 6.07) is 9.64. The van der Waals surface area contributed by atoms with E-state index in [1.165, 1.54) is 0 Å². The van der Waals surface area contributed by atoms with Gasteiger partial charge < -0.3 is 20.4 Å². The normalized spacial score (nSPS) is 9.90. The lowest BCUT2D eigenvalue weighted by Gasteiger charge is -2.10. The molecule has 3 rings (SSSR count). The van der Waals surface area contributed by atoms with Crippen molar-refractivity contribution >= 4 is 17.0 Å². The number of rotatable bonds is 1. The van der Waals surface area contributed by atoms with Crippen LogP contribution in [-0.2, 0) is 0 Å². The van der Waals surface area contributed by atoms with Crippen molar-refractivity contribution in [2.75, 3.05) is 0 Å². The summed E-state index contributed by atoms with van der Waals surface area (Å²) in [5.74, 6) is -3.83. The lowest BCUT2D eigenvalue weighted by Crippen LogP contribution is -1.98. The molecular formula is C14H12N2O5. The maximum atomic E-state index is 10.7. The molecule has 1 aromatic heterocycles. The summed E-state index contributed by atoms with van der Waals surface area (Å²) in [4.78, 5) is 16.4. The number of aromatic carboxylic acids is 1. The number of carboxylic acid groups (broad SMARTS) is 1. The Bertz CT molecular complexity index is 729. The zero-order valence-corrected chi connectivity index (χ0v) is 10.7. The predicted octanol–water partition coefficient (Wildman–Crippen LogP) is 0.852. The number of hydrogen-bond donors (Lipinski definition) is 4. The molecule has 7 nitrogen and oxygen atoms in total. The van der Waals surface area contributed by atoms with Crippen LogP contribution in [0.5, 0.6) is 17.2 Å². The van der Waals surface area contributed by atoms with Gasteiger partial charge in [-0.05, 0) is 30.0 Å². The molecule has 21 heavy (non-hydrogen) atoms. The van der Waals surface area contributed by atoms with Gasteiger partial charge in [-0.25, -0.2) is 14.8 Å². The highest BCUT2D eigenvalue weighted by atomic mass is 16.4. The van der Waals surface area contributed by atoms with Gasteiger partial charge in [-0.3, -0.25) is 0 Å². The fraction of sp³-hybridized carbons (Fsp3) is 0. The molecule has 0 saturated heterocycles. The van der Waals surface area contributed by atoms with E-state index in [-0.39, 0.29) is 5.56 Å². The van der Waals surface area contributed by atoms with Crippen LogP contribution < -0.4 is 10.1 Å². The minimum atomic E-state index is -1.32. The Kier molecular flexibility index (Phi) is 3.94. The van der Waals surface area contributed by atoms with Gasteiger partial charge in [0.25, 0.3) is 0 Å². The molecule has 7 heteroatoms. The molecule has 0 aliphatic heterocycles. The van der Waals surface area contributed by atoms with Crippen molar-refractivity contribution in [3.05, 3.63) is 48.3 Å². The highest BCUT2D eigenvalue weighted by Gasteiger charge is 2.07. The second kappa shape index (κ2) is 5.83. The first kappa shape index (κ1) is 14.2. The molecule has 0 radical (unpaired) electrons. The average Bonchev–Trinajstić information content (AvgIpc) is 2.93. The molecular weight excluding hydrogens is 276 g/mol. The molecule has 3 aromatic rings. The highest BCUT2D eigenvalue weighted by molar-refractivity contribution is 5.89. The summed E-state index contributed by atoms with van der Waals surface area (Å²) >= 11 is 0. The number of fused-ring (bicyclic) bond motifs is 1. The number of carbonyl (C=O) groups is 1. The van der Waals surface area contributed by atoms with Crippen molar-refractivity contribution in [3.63, 3.8) is 0 Å². The van der Waals surface area contributed by atoms with Crippen LogP contribution in [0.1, 0.15) is 10.4 Å². The van der Waals surface area contributed by atoms with E-state index in [2.05, 4.69) is 9.97 Å². The number of para-hydroxylation sites is 2. The van der Waals surface area contributed by atoms with Crippen LogP contribution in [0.25, 0.3) is 11.0 Å². The van der Waals surface area contributed by atoms with Crippen LogP contribution in [0.4, 0.5) is 0 Å². The summed E-state index contributed by atoms with van der Waals surface area (Å²) in [6.07, 6.45) is 1.82. The first-order chi connectivity index (χ1) is 9.99. The third-order valence-corrected chi connectivity index (χ3v) is 2.68. The van der Waals surface area contributed by atoms with Crippen molar-refractivity contribution in [3.8, 4) is 17.2 Å². The Hall–Kier alpha value is -3.22. The summed E-state index contributed by atoms with van der Waals surface area (Å²) < 4.78 is 0. The quantitative estimate of drug-likeness (QED) is 0.527. The maximum Gasteiger partial charge on any atom is 0.335 e. The van der Waals surface area contributed by atoms with Crippen LogP contribution >= 0.6 is 0 Å². The van der Waals surface area contributed by atoms with E-state index in [1.54, 1.807) is 0 Å². The SMILES string of the molecule is O=C(O)c1cc(O)c([O-])c(O)c1.c1ccc2[nH+]c[nH]c2c1. The molecule has 1 heterocycles. The van der Waals surface area contributed by atoms with Crippen LogP contribution in [0, 0.1) is 0 Å². The van der Waals surface area contributed by atoms with Crippen LogP contribution in [0.15, 0.2) is 42.7 Å². The largest absolute Gasteiger partial charge is 0.867 e. The third kappa shape index (κ3) is 3.21. The number of carboxylic acids is 1. The number of phenols is 2. The van der Waals surface area contributed by atoms with Crippen LogP contribution in [0.3, 0.4) is 0 Å². The zero-order valence-electron chi connectivity index (χ0n) is 10.7. The first-order valence-corrected chi connectivity index (χ1v) is 5.89. The van der Waals surface area contributed by atoms with Crippen molar-refractivity contribution in [2.45, 2.75) is 0 Å². The van der Waals surface area contributed by atoms with E-state index in [9.17, 15) is 9.90 Å². The maximum absolute atomic E-state index is 10.7. The van der Waals surface area contributed by atoms with E-state index in [0.717, 1.165) is 23.2 Å². The molecule has 0 aliphatic rings. The zero-order chi connectivity index (χ0) is 15.4. The Balaban J connectivity index is 0.000000159. The van der Waals surface area contributed by atoms with E-state index < -0.39 is 23.2 Å². The fourth-order valence-corrected chi connectivity index (χ4v) is 1.65. The van der Waals surface area contributed by atoms with Gasteiger partial charge in [0.2, 0.25) is 6.33 Å². The second-order valence-corrected chi connectivity index (χ2v) is 4.13. The van der Waals surface area contributed by atoms with Crippen molar-refractivity contribution in [1.82, 2.24) is 4.98 Å². The fourth-order valence-electron chi connectivity index (χ4n) is 1.65. The van der Waals surface area contributed by atoms with Crippen LogP contribution in [-0.4, -0.2) is 26.3 Å². The molecule has 0 aliphatic carbocycles. The summed E-state index contributed by atoms with van der Waals surface area (Å²) in [5, 5.41) is 36.6. The van der Waals surface area contributed by atoms with E-state index in [4.69, 9.17) is 15.3 Å². The number of phenolic OH excluding ortho intramolecular Hbond substituents is 2. The van der Waals surface area contributed by atoms with Gasteiger partial charge in [-0.1, -0.05) is 12.1 Å². The highest BCUT2D eigenvalue weighted by Crippen LogP contribution is 2.32. The molecule has 108 valence electrons. The van der Waals surface area contributed by atoms with E-state index >= 15 is 0 Å². The average molecular weight is 288 g/mol. The van der Waals surface area contributed by atoms with Crippen molar-refractivity contribution < 1.29 is 30.2 Å². The summed E-state index contributed by atoms with van der Waals surface area (Å²) in [7, 11) is 0. The molecule has 0 saturated carbocycles. The van der Waals surface area contributed by atoms with Crippen LogP contribution in [0.2, 0.25) is 0 Å². The molecule has 5 N–H and O–H groups in total. The molecule has 0 atom stereocenters. The third-order valence-electron chi connectivity index (χ3n) is 2.68. The Labute approximate surface area is 118 Å². The minimum Gasteiger partial charge on any atom is -0.867 e. The number of imidazole rings is 1. The van der Waals surface area contributed by atoms with E-state index in [1.807, 2.05) is 30.6 Å². The van der Waals surface area contributed by atoms with Gasteiger partial charge in [-0.15, -0.1) is 0 Å². The van der Waals surface area contributed by atoms with Gasteiger partial charge in [-0.2, -0.15) is 0 Å². The number of nitrogens with one attached hydrogen (secondary N) is 2. The summed E-state index contributed by atoms with van der Waals surface area (Å²) in [5.41, 5.74) is 1.97. The lowest BCUT2D eigenvalue weighted by atomic mass is 10.2. The topological polar surface area (TPSA) is 131 Å². The number of aromatic nitrogens is 2. The predicted molar refractivity (Wildman–Crippen MR) is 71.0 cm³/mol. The van der Waals surface area contributed by atoms with Gasteiger partial charge in [0, 0.05) is 0 Å². The Morgan fingerprint density at radius 1 is 1.14 bits per heavy atom. The number of aromatic amines is 2. The molecule has 0 bridgehead atoms. The van der Waals surface area contributed by atoms with Gasteiger partial charge >= 0.3 is 5.97 Å². The van der Waals surface area contributed by atoms with Gasteiger partial charge in [0.1, 0.15) is 11.5 Å². The van der Waals surface area contributed by atoms with Crippen molar-refractivity contribution in [2.24, 2.45) is 0 Å². The standard InChI is InChI=1S/C7H6N2.C7H6O5/c1-2-4-7-6(3-1)8-5-9-7;8-4-1-3(7(11)12)2-5(9)6(4)10/h1-5H,(H,8,9);1-2,8-10H,(H,11,12). The van der Waals surface area contributed by atoms with Crippen molar-refractivity contribution in [1.29, 1.82) is 0 Å². The second-order valence-electron chi connectivity index (χ2n) is 4.13. The van der Waals surface area contributed by atoms with Gasteiger partial charge in [0.15, 0.2) is 11.0 Å². The molecule has 0 fully saturated rings. The lowest BCUT2D eigenvalue weighted by molar-refractivity contribution is -0.344. The first-order valence-electron chi connectivity index (χ1n) is 5.89. The number of hydrogen-bond acceptors (Lipinski definition) is 4. The van der Waals surface area contributed by atoms with Gasteiger partial charge in [0.05, 0.1) is 5.56 Å².